The van der Waals surface area contributed by atoms with Crippen molar-refractivity contribution in [2.45, 2.75) is 32.6 Å². The minimum Gasteiger partial charge on any atom is -0.341 e. The van der Waals surface area contributed by atoms with Gasteiger partial charge >= 0.3 is 6.03 Å². The van der Waals surface area contributed by atoms with Gasteiger partial charge in [0.1, 0.15) is 0 Å². The predicted molar refractivity (Wildman–Crippen MR) is 112 cm³/mol. The second kappa shape index (κ2) is 9.56. The van der Waals surface area contributed by atoms with Crippen molar-refractivity contribution in [1.82, 2.24) is 10.2 Å². The van der Waals surface area contributed by atoms with E-state index in [0.29, 0.717) is 0 Å². The summed E-state index contributed by atoms with van der Waals surface area (Å²) in [7, 11) is 1.64. The van der Waals surface area contributed by atoms with Crippen LogP contribution in [0.3, 0.4) is 0 Å². The van der Waals surface area contributed by atoms with Gasteiger partial charge in [0.05, 0.1) is 0 Å². The zero-order chi connectivity index (χ0) is 19.1. The van der Waals surface area contributed by atoms with Crippen LogP contribution in [0, 0.1) is 12.8 Å². The minimum atomic E-state index is -0.164. The van der Waals surface area contributed by atoms with Crippen LogP contribution in [0.1, 0.15) is 29.5 Å². The third-order valence-electron chi connectivity index (χ3n) is 5.41. The molecule has 2 amide bonds. The lowest BCUT2D eigenvalue weighted by Gasteiger charge is -2.33. The number of urea groups is 1. The number of nitrogens with zero attached hydrogens (tertiary/aromatic N) is 1. The molecule has 1 fully saturated rings. The summed E-state index contributed by atoms with van der Waals surface area (Å²) in [5, 5.41) is 5.60. The molecule has 2 aromatic carbocycles. The molecule has 0 aromatic heterocycles. The molecule has 4 heteroatoms. The first kappa shape index (κ1) is 19.4. The standard InChI is InChI=1S/C23H31N3O/c1-18-10-11-21(22(15-18)25-23(27)24-2)12-14-26-13-6-9-20(17-26)16-19-7-4-3-5-8-19/h3-5,7-8,10-11,15,20H,6,9,12-14,16-17H2,1-2H3,(H2,24,25,27). The maximum Gasteiger partial charge on any atom is 0.318 e. The van der Waals surface area contributed by atoms with E-state index in [1.807, 2.05) is 0 Å². The summed E-state index contributed by atoms with van der Waals surface area (Å²) in [5.41, 5.74) is 4.73. The van der Waals surface area contributed by atoms with Gasteiger partial charge in [-0.25, -0.2) is 4.79 Å². The van der Waals surface area contributed by atoms with E-state index in [4.69, 9.17) is 0 Å². The van der Waals surface area contributed by atoms with Gasteiger partial charge in [0.25, 0.3) is 0 Å². The van der Waals surface area contributed by atoms with E-state index in [2.05, 4.69) is 71.0 Å². The number of piperidine rings is 1. The van der Waals surface area contributed by atoms with Gasteiger partial charge in [0, 0.05) is 25.8 Å². The molecule has 1 saturated heterocycles. The van der Waals surface area contributed by atoms with E-state index in [-0.39, 0.29) is 6.03 Å². The summed E-state index contributed by atoms with van der Waals surface area (Å²) >= 11 is 0. The smallest absolute Gasteiger partial charge is 0.318 e. The first-order valence-electron chi connectivity index (χ1n) is 9.98. The highest BCUT2D eigenvalue weighted by atomic mass is 16.2. The van der Waals surface area contributed by atoms with Crippen LogP contribution in [-0.4, -0.2) is 37.6 Å². The molecule has 0 spiro atoms. The van der Waals surface area contributed by atoms with Gasteiger partial charge in [-0.1, -0.05) is 42.5 Å². The molecule has 1 heterocycles. The van der Waals surface area contributed by atoms with Crippen molar-refractivity contribution in [3.8, 4) is 0 Å². The highest BCUT2D eigenvalue weighted by Crippen LogP contribution is 2.23. The summed E-state index contributed by atoms with van der Waals surface area (Å²) in [4.78, 5) is 14.3. The third-order valence-corrected chi connectivity index (χ3v) is 5.41. The van der Waals surface area contributed by atoms with Gasteiger partial charge in [0.15, 0.2) is 0 Å². The van der Waals surface area contributed by atoms with Crippen LogP contribution in [0.15, 0.2) is 48.5 Å². The number of carbonyl (C=O) groups is 1. The molecule has 1 unspecified atom stereocenters. The molecule has 1 aliphatic heterocycles. The lowest BCUT2D eigenvalue weighted by molar-refractivity contribution is 0.176. The van der Waals surface area contributed by atoms with Crippen molar-refractivity contribution in [2.24, 2.45) is 5.92 Å². The number of rotatable bonds is 6. The number of hydrogen-bond acceptors (Lipinski definition) is 2. The average Bonchev–Trinajstić information content (AvgIpc) is 2.68. The number of nitrogens with one attached hydrogen (secondary N) is 2. The zero-order valence-corrected chi connectivity index (χ0v) is 16.5. The van der Waals surface area contributed by atoms with Crippen LogP contribution in [-0.2, 0) is 12.8 Å². The van der Waals surface area contributed by atoms with E-state index < -0.39 is 0 Å². The quantitative estimate of drug-likeness (QED) is 0.804. The number of benzene rings is 2. The lowest BCUT2D eigenvalue weighted by Crippen LogP contribution is -2.37. The Hall–Kier alpha value is -2.33. The minimum absolute atomic E-state index is 0.164. The van der Waals surface area contributed by atoms with E-state index in [1.54, 1.807) is 7.05 Å². The van der Waals surface area contributed by atoms with Gasteiger partial charge < -0.3 is 15.5 Å². The number of aryl methyl sites for hydroxylation is 1. The van der Waals surface area contributed by atoms with Crippen molar-refractivity contribution in [3.05, 3.63) is 65.2 Å². The molecule has 0 bridgehead atoms. The van der Waals surface area contributed by atoms with Crippen molar-refractivity contribution < 1.29 is 4.79 Å². The van der Waals surface area contributed by atoms with Crippen molar-refractivity contribution in [1.29, 1.82) is 0 Å². The molecule has 0 saturated carbocycles. The molecule has 4 nitrogen and oxygen atoms in total. The fourth-order valence-corrected chi connectivity index (χ4v) is 3.96. The first-order valence-corrected chi connectivity index (χ1v) is 9.98. The average molecular weight is 366 g/mol. The predicted octanol–water partition coefficient (Wildman–Crippen LogP) is 4.24. The Balaban J connectivity index is 1.57. The first-order chi connectivity index (χ1) is 13.1. The molecule has 3 rings (SSSR count). The molecule has 0 aliphatic carbocycles. The zero-order valence-electron chi connectivity index (χ0n) is 16.5. The summed E-state index contributed by atoms with van der Waals surface area (Å²) in [6, 6.07) is 17.0. The maximum atomic E-state index is 11.7. The van der Waals surface area contributed by atoms with Crippen LogP contribution < -0.4 is 10.6 Å². The van der Waals surface area contributed by atoms with E-state index >= 15 is 0 Å². The Labute approximate surface area is 163 Å². The molecular weight excluding hydrogens is 334 g/mol. The van der Waals surface area contributed by atoms with Crippen molar-refractivity contribution in [2.75, 3.05) is 32.0 Å². The van der Waals surface area contributed by atoms with Crippen LogP contribution in [0.25, 0.3) is 0 Å². The summed E-state index contributed by atoms with van der Waals surface area (Å²) in [6.45, 7) is 5.43. The number of amides is 2. The van der Waals surface area contributed by atoms with Gasteiger partial charge in [-0.2, -0.15) is 0 Å². The monoisotopic (exact) mass is 365 g/mol. The fourth-order valence-electron chi connectivity index (χ4n) is 3.96. The molecule has 144 valence electrons. The fraction of sp³-hybridized carbons (Fsp3) is 0.435. The van der Waals surface area contributed by atoms with Crippen molar-refractivity contribution >= 4 is 11.7 Å². The second-order valence-corrected chi connectivity index (χ2v) is 7.61. The Bertz CT molecular complexity index is 745. The molecule has 0 radical (unpaired) electrons. The second-order valence-electron chi connectivity index (χ2n) is 7.61. The molecular formula is C23H31N3O. The Kier molecular flexibility index (Phi) is 6.88. The molecule has 2 N–H and O–H groups in total. The molecule has 1 atom stereocenters. The highest BCUT2D eigenvalue weighted by molar-refractivity contribution is 5.90. The lowest BCUT2D eigenvalue weighted by atomic mass is 9.91. The topological polar surface area (TPSA) is 44.4 Å². The number of carbonyl (C=O) groups excluding carboxylic acids is 1. The Morgan fingerprint density at radius 2 is 2.00 bits per heavy atom. The third kappa shape index (κ3) is 5.83. The number of likely N-dealkylation sites (tertiary alicyclic amines) is 1. The van der Waals surface area contributed by atoms with E-state index in [0.717, 1.165) is 30.1 Å². The van der Waals surface area contributed by atoms with Crippen LogP contribution in [0.5, 0.6) is 0 Å². The number of anilines is 1. The van der Waals surface area contributed by atoms with Gasteiger partial charge in [0.2, 0.25) is 0 Å². The van der Waals surface area contributed by atoms with Crippen LogP contribution >= 0.6 is 0 Å². The Morgan fingerprint density at radius 1 is 1.19 bits per heavy atom. The van der Waals surface area contributed by atoms with E-state index in [1.165, 1.54) is 43.5 Å². The van der Waals surface area contributed by atoms with Crippen molar-refractivity contribution in [3.63, 3.8) is 0 Å². The molecule has 1 aliphatic rings. The van der Waals surface area contributed by atoms with Gasteiger partial charge in [-0.15, -0.1) is 0 Å². The summed E-state index contributed by atoms with van der Waals surface area (Å²) in [5.74, 6) is 0.739. The summed E-state index contributed by atoms with van der Waals surface area (Å²) in [6.07, 6.45) is 4.72. The van der Waals surface area contributed by atoms with Gasteiger partial charge in [-0.3, -0.25) is 0 Å². The Morgan fingerprint density at radius 3 is 2.78 bits per heavy atom. The highest BCUT2D eigenvalue weighted by Gasteiger charge is 2.20. The SMILES string of the molecule is CNC(=O)Nc1cc(C)ccc1CCN1CCCC(Cc2ccccc2)C1. The number of hydrogen-bond donors (Lipinski definition) is 2. The summed E-state index contributed by atoms with van der Waals surface area (Å²) < 4.78 is 0. The van der Waals surface area contributed by atoms with Gasteiger partial charge in [-0.05, 0) is 67.8 Å². The molecule has 2 aromatic rings. The maximum absolute atomic E-state index is 11.7. The van der Waals surface area contributed by atoms with E-state index in [9.17, 15) is 4.79 Å². The van der Waals surface area contributed by atoms with Crippen LogP contribution in [0.4, 0.5) is 10.5 Å². The molecule has 27 heavy (non-hydrogen) atoms. The normalized spacial score (nSPS) is 17.5. The largest absolute Gasteiger partial charge is 0.341 e. The van der Waals surface area contributed by atoms with Crippen LogP contribution in [0.2, 0.25) is 0 Å².